The molecule has 0 bridgehead atoms. The van der Waals surface area contributed by atoms with Crippen LogP contribution in [-0.4, -0.2) is 14.8 Å². The van der Waals surface area contributed by atoms with Gasteiger partial charge in [0.15, 0.2) is 0 Å². The van der Waals surface area contributed by atoms with Crippen molar-refractivity contribution >= 4 is 26.8 Å². The molecule has 4 nitrogen and oxygen atoms in total. The number of hydrogen-bond acceptors (Lipinski definition) is 3. The molecule has 0 unspecified atom stereocenters. The van der Waals surface area contributed by atoms with Gasteiger partial charge in [-0.2, -0.15) is 5.10 Å². The minimum Gasteiger partial charge on any atom is -0.267 e. The van der Waals surface area contributed by atoms with Crippen molar-refractivity contribution in [1.29, 1.82) is 0 Å². The third-order valence-corrected chi connectivity index (χ3v) is 3.61. The number of rotatable bonds is 2. The van der Waals surface area contributed by atoms with Gasteiger partial charge >= 0.3 is 0 Å². The minimum absolute atomic E-state index is 0.102. The Kier molecular flexibility index (Phi) is 3.36. The summed E-state index contributed by atoms with van der Waals surface area (Å²) in [4.78, 5) is 16.6. The van der Waals surface area contributed by atoms with E-state index in [-0.39, 0.29) is 5.56 Å². The molecule has 2 heterocycles. The van der Waals surface area contributed by atoms with Gasteiger partial charge in [-0.25, -0.2) is 4.68 Å². The standard InChI is InChI=1S/C15H12BrN3O/c1-2-19-15(20)12-7-4-8-17-14(12)13(18-19)10-5-3-6-11(16)9-10/h3-9H,2H2,1H3. The normalized spacial score (nSPS) is 10.9. The Hall–Kier alpha value is -2.01. The summed E-state index contributed by atoms with van der Waals surface area (Å²) in [5.41, 5.74) is 2.20. The zero-order chi connectivity index (χ0) is 14.1. The number of fused-ring (bicyclic) bond motifs is 1. The van der Waals surface area contributed by atoms with E-state index in [1.165, 1.54) is 4.68 Å². The number of aryl methyl sites for hydroxylation is 1. The average Bonchev–Trinajstić information content (AvgIpc) is 2.48. The Morgan fingerprint density at radius 2 is 2.10 bits per heavy atom. The zero-order valence-corrected chi connectivity index (χ0v) is 12.5. The predicted molar refractivity (Wildman–Crippen MR) is 82.6 cm³/mol. The summed E-state index contributed by atoms with van der Waals surface area (Å²) < 4.78 is 2.44. The fraction of sp³-hybridized carbons (Fsp3) is 0.133. The van der Waals surface area contributed by atoms with Crippen LogP contribution in [0.3, 0.4) is 0 Å². The van der Waals surface area contributed by atoms with Gasteiger partial charge in [0, 0.05) is 22.8 Å². The van der Waals surface area contributed by atoms with E-state index in [2.05, 4.69) is 26.0 Å². The lowest BCUT2D eigenvalue weighted by atomic mass is 10.1. The number of halogens is 1. The van der Waals surface area contributed by atoms with Crippen LogP contribution < -0.4 is 5.56 Å². The molecule has 0 aliphatic heterocycles. The SMILES string of the molecule is CCn1nc(-c2cccc(Br)c2)c2ncccc2c1=O. The number of benzene rings is 1. The van der Waals surface area contributed by atoms with Gasteiger partial charge in [0.05, 0.1) is 5.39 Å². The van der Waals surface area contributed by atoms with Crippen LogP contribution in [0.1, 0.15) is 6.92 Å². The topological polar surface area (TPSA) is 47.8 Å². The molecule has 5 heteroatoms. The van der Waals surface area contributed by atoms with Gasteiger partial charge < -0.3 is 0 Å². The predicted octanol–water partition coefficient (Wildman–Crippen LogP) is 3.24. The van der Waals surface area contributed by atoms with E-state index in [1.807, 2.05) is 31.2 Å². The molecule has 100 valence electrons. The Labute approximate surface area is 124 Å². The van der Waals surface area contributed by atoms with Gasteiger partial charge in [0.25, 0.3) is 5.56 Å². The summed E-state index contributed by atoms with van der Waals surface area (Å²) in [6, 6.07) is 11.4. The summed E-state index contributed by atoms with van der Waals surface area (Å²) in [5.74, 6) is 0. The van der Waals surface area contributed by atoms with E-state index >= 15 is 0 Å². The van der Waals surface area contributed by atoms with Gasteiger partial charge in [-0.3, -0.25) is 9.78 Å². The molecule has 0 N–H and O–H groups in total. The molecule has 0 fully saturated rings. The van der Waals surface area contributed by atoms with Crippen LogP contribution in [0.2, 0.25) is 0 Å². The summed E-state index contributed by atoms with van der Waals surface area (Å²) in [6.07, 6.45) is 1.68. The Morgan fingerprint density at radius 1 is 1.25 bits per heavy atom. The van der Waals surface area contributed by atoms with E-state index < -0.39 is 0 Å². The minimum atomic E-state index is -0.102. The molecule has 0 radical (unpaired) electrons. The first-order valence-electron chi connectivity index (χ1n) is 6.32. The maximum absolute atomic E-state index is 12.3. The average molecular weight is 330 g/mol. The first-order chi connectivity index (χ1) is 9.70. The molecule has 3 rings (SSSR count). The van der Waals surface area contributed by atoms with Crippen LogP contribution in [0.4, 0.5) is 0 Å². The maximum atomic E-state index is 12.3. The molecule has 0 saturated heterocycles. The van der Waals surface area contributed by atoms with E-state index in [0.717, 1.165) is 15.7 Å². The third-order valence-electron chi connectivity index (χ3n) is 3.12. The second-order valence-corrected chi connectivity index (χ2v) is 5.30. The second-order valence-electron chi connectivity index (χ2n) is 4.38. The van der Waals surface area contributed by atoms with Crippen molar-refractivity contribution in [2.45, 2.75) is 13.5 Å². The number of aromatic nitrogens is 3. The van der Waals surface area contributed by atoms with E-state index in [9.17, 15) is 4.79 Å². The third kappa shape index (κ3) is 2.14. The molecule has 0 atom stereocenters. The Bertz CT molecular complexity index is 842. The molecule has 0 spiro atoms. The lowest BCUT2D eigenvalue weighted by molar-refractivity contribution is 0.626. The fourth-order valence-electron chi connectivity index (χ4n) is 2.16. The quantitative estimate of drug-likeness (QED) is 0.725. The van der Waals surface area contributed by atoms with Crippen molar-refractivity contribution in [2.24, 2.45) is 0 Å². The van der Waals surface area contributed by atoms with Gasteiger partial charge in [-0.05, 0) is 31.2 Å². The Morgan fingerprint density at radius 3 is 2.85 bits per heavy atom. The molecule has 20 heavy (non-hydrogen) atoms. The van der Waals surface area contributed by atoms with Crippen LogP contribution in [-0.2, 0) is 6.54 Å². The summed E-state index contributed by atoms with van der Waals surface area (Å²) in [7, 11) is 0. The highest BCUT2D eigenvalue weighted by atomic mass is 79.9. The van der Waals surface area contributed by atoms with E-state index in [4.69, 9.17) is 0 Å². The molecule has 2 aromatic heterocycles. The van der Waals surface area contributed by atoms with Crippen LogP contribution in [0, 0.1) is 0 Å². The van der Waals surface area contributed by atoms with Crippen molar-refractivity contribution in [2.75, 3.05) is 0 Å². The van der Waals surface area contributed by atoms with E-state index in [0.29, 0.717) is 17.4 Å². The molecule has 0 aliphatic carbocycles. The number of pyridine rings is 1. The lowest BCUT2D eigenvalue weighted by Gasteiger charge is -2.09. The van der Waals surface area contributed by atoms with Crippen molar-refractivity contribution < 1.29 is 0 Å². The molecular weight excluding hydrogens is 318 g/mol. The van der Waals surface area contributed by atoms with Crippen LogP contribution in [0.15, 0.2) is 51.9 Å². The molecule has 0 aliphatic rings. The summed E-state index contributed by atoms with van der Waals surface area (Å²) in [6.45, 7) is 2.44. The lowest BCUT2D eigenvalue weighted by Crippen LogP contribution is -2.23. The second kappa shape index (κ2) is 5.17. The zero-order valence-electron chi connectivity index (χ0n) is 10.9. The smallest absolute Gasteiger partial charge is 0.267 e. The highest BCUT2D eigenvalue weighted by molar-refractivity contribution is 9.10. The highest BCUT2D eigenvalue weighted by Crippen LogP contribution is 2.25. The molecule has 3 aromatic rings. The van der Waals surface area contributed by atoms with Crippen molar-refractivity contribution in [3.8, 4) is 11.3 Å². The van der Waals surface area contributed by atoms with Gasteiger partial charge in [0.1, 0.15) is 11.2 Å². The van der Waals surface area contributed by atoms with Gasteiger partial charge in [-0.15, -0.1) is 0 Å². The summed E-state index contributed by atoms with van der Waals surface area (Å²) in [5, 5.41) is 5.05. The molecule has 1 aromatic carbocycles. The van der Waals surface area contributed by atoms with Crippen molar-refractivity contribution in [1.82, 2.24) is 14.8 Å². The van der Waals surface area contributed by atoms with E-state index in [1.54, 1.807) is 18.3 Å². The summed E-state index contributed by atoms with van der Waals surface area (Å²) >= 11 is 3.46. The Balaban J connectivity index is 2.41. The van der Waals surface area contributed by atoms with Crippen molar-refractivity contribution in [3.63, 3.8) is 0 Å². The van der Waals surface area contributed by atoms with Crippen LogP contribution in [0.5, 0.6) is 0 Å². The number of nitrogens with zero attached hydrogens (tertiary/aromatic N) is 3. The largest absolute Gasteiger partial charge is 0.276 e. The first kappa shape index (κ1) is 13.0. The first-order valence-corrected chi connectivity index (χ1v) is 7.12. The number of hydrogen-bond donors (Lipinski definition) is 0. The fourth-order valence-corrected chi connectivity index (χ4v) is 2.56. The van der Waals surface area contributed by atoms with Crippen molar-refractivity contribution in [3.05, 3.63) is 57.4 Å². The maximum Gasteiger partial charge on any atom is 0.276 e. The molecular formula is C15H12BrN3O. The van der Waals surface area contributed by atoms with Gasteiger partial charge in [-0.1, -0.05) is 28.1 Å². The van der Waals surface area contributed by atoms with Gasteiger partial charge in [0.2, 0.25) is 0 Å². The van der Waals surface area contributed by atoms with Crippen LogP contribution in [0.25, 0.3) is 22.2 Å². The van der Waals surface area contributed by atoms with Crippen LogP contribution >= 0.6 is 15.9 Å². The molecule has 0 saturated carbocycles. The highest BCUT2D eigenvalue weighted by Gasteiger charge is 2.12. The molecule has 0 amide bonds. The monoisotopic (exact) mass is 329 g/mol.